The molecule has 7 heteroatoms. The molecule has 0 radical (unpaired) electrons. The van der Waals surface area contributed by atoms with Crippen molar-refractivity contribution in [1.29, 1.82) is 0 Å². The molecule has 2 aromatic carbocycles. The van der Waals surface area contributed by atoms with Crippen LogP contribution in [-0.2, 0) is 9.63 Å². The van der Waals surface area contributed by atoms with Crippen molar-refractivity contribution in [3.05, 3.63) is 64.1 Å². The van der Waals surface area contributed by atoms with Crippen LogP contribution in [0.1, 0.15) is 17.3 Å². The molecule has 0 spiro atoms. The zero-order valence-corrected chi connectivity index (χ0v) is 13.7. The monoisotopic (exact) mass is 352 g/mol. The second kappa shape index (κ2) is 7.97. The maximum absolute atomic E-state index is 12.0. The van der Waals surface area contributed by atoms with E-state index in [1.54, 1.807) is 48.5 Å². The highest BCUT2D eigenvalue weighted by molar-refractivity contribution is 6.31. The van der Waals surface area contributed by atoms with Crippen LogP contribution >= 0.6 is 23.2 Å². The topological polar surface area (TPSA) is 67.4 Å². The first-order chi connectivity index (χ1) is 11.0. The lowest BCUT2D eigenvalue weighted by molar-refractivity contribution is -0.129. The molecule has 2 aromatic rings. The Hall–Kier alpha value is -2.08. The van der Waals surface area contributed by atoms with E-state index in [9.17, 15) is 9.59 Å². The number of carbonyl (C=O) groups is 2. The van der Waals surface area contributed by atoms with Gasteiger partial charge in [0.25, 0.3) is 11.8 Å². The van der Waals surface area contributed by atoms with E-state index in [-0.39, 0.29) is 0 Å². The Labute approximate surface area is 143 Å². The summed E-state index contributed by atoms with van der Waals surface area (Å²) < 4.78 is 0. The zero-order chi connectivity index (χ0) is 16.8. The van der Waals surface area contributed by atoms with Crippen molar-refractivity contribution in [3.63, 3.8) is 0 Å². The minimum atomic E-state index is -0.873. The Morgan fingerprint density at radius 1 is 0.957 bits per heavy atom. The van der Waals surface area contributed by atoms with Crippen LogP contribution in [0.25, 0.3) is 0 Å². The summed E-state index contributed by atoms with van der Waals surface area (Å²) in [5.74, 6) is -0.864. The first kappa shape index (κ1) is 17.3. The van der Waals surface area contributed by atoms with Crippen molar-refractivity contribution < 1.29 is 14.4 Å². The number of benzene rings is 2. The van der Waals surface area contributed by atoms with Gasteiger partial charge in [0.05, 0.1) is 0 Å². The number of hydroxylamine groups is 1. The summed E-state index contributed by atoms with van der Waals surface area (Å²) in [6.07, 6.45) is -0.873. The predicted octanol–water partition coefficient (Wildman–Crippen LogP) is 3.68. The quantitative estimate of drug-likeness (QED) is 0.806. The SMILES string of the molecule is C[C@@H](ONC(=O)c1ccc(Cl)cc1)C(=O)Nc1ccc(Cl)cc1. The summed E-state index contributed by atoms with van der Waals surface area (Å²) in [6.45, 7) is 1.52. The van der Waals surface area contributed by atoms with E-state index in [2.05, 4.69) is 10.8 Å². The molecule has 0 unspecified atom stereocenters. The molecule has 2 N–H and O–H groups in total. The van der Waals surface area contributed by atoms with Crippen LogP contribution in [0.5, 0.6) is 0 Å². The van der Waals surface area contributed by atoms with Crippen molar-refractivity contribution >= 4 is 40.7 Å². The molecule has 120 valence electrons. The highest BCUT2D eigenvalue weighted by Gasteiger charge is 2.16. The molecule has 23 heavy (non-hydrogen) atoms. The highest BCUT2D eigenvalue weighted by atomic mass is 35.5. The van der Waals surface area contributed by atoms with Crippen LogP contribution in [-0.4, -0.2) is 17.9 Å². The summed E-state index contributed by atoms with van der Waals surface area (Å²) in [6, 6.07) is 12.9. The van der Waals surface area contributed by atoms with Gasteiger partial charge in [0.15, 0.2) is 6.10 Å². The van der Waals surface area contributed by atoms with Crippen LogP contribution in [0.2, 0.25) is 10.0 Å². The van der Waals surface area contributed by atoms with Crippen LogP contribution in [0.4, 0.5) is 5.69 Å². The van der Waals surface area contributed by atoms with Crippen molar-refractivity contribution in [2.24, 2.45) is 0 Å². The molecule has 2 amide bonds. The van der Waals surface area contributed by atoms with Gasteiger partial charge in [-0.3, -0.25) is 14.4 Å². The van der Waals surface area contributed by atoms with Crippen molar-refractivity contribution in [1.82, 2.24) is 5.48 Å². The molecule has 2 rings (SSSR count). The first-order valence-electron chi connectivity index (χ1n) is 6.73. The third kappa shape index (κ3) is 5.25. The third-order valence-electron chi connectivity index (χ3n) is 2.92. The minimum Gasteiger partial charge on any atom is -0.324 e. The standard InChI is InChI=1S/C16H14Cl2N2O3/c1-10(15(21)19-14-8-6-13(18)7-9-14)23-20-16(22)11-2-4-12(17)5-3-11/h2-10H,1H3,(H,19,21)(H,20,22)/t10-/m1/s1. The van der Waals surface area contributed by atoms with E-state index in [1.165, 1.54) is 6.92 Å². The highest BCUT2D eigenvalue weighted by Crippen LogP contribution is 2.14. The lowest BCUT2D eigenvalue weighted by Crippen LogP contribution is -2.35. The molecule has 0 aliphatic carbocycles. The second-order valence-electron chi connectivity index (χ2n) is 4.69. The molecule has 0 saturated carbocycles. The van der Waals surface area contributed by atoms with Crippen LogP contribution in [0.3, 0.4) is 0 Å². The first-order valence-corrected chi connectivity index (χ1v) is 7.49. The fourth-order valence-corrected chi connectivity index (χ4v) is 1.88. The van der Waals surface area contributed by atoms with E-state index in [1.807, 2.05) is 0 Å². The third-order valence-corrected chi connectivity index (χ3v) is 3.42. The fourth-order valence-electron chi connectivity index (χ4n) is 1.63. The average molecular weight is 353 g/mol. The summed E-state index contributed by atoms with van der Waals surface area (Å²) in [7, 11) is 0. The van der Waals surface area contributed by atoms with Gasteiger partial charge in [-0.25, -0.2) is 5.48 Å². The van der Waals surface area contributed by atoms with Crippen molar-refractivity contribution in [2.45, 2.75) is 13.0 Å². The van der Waals surface area contributed by atoms with Gasteiger partial charge in [-0.15, -0.1) is 0 Å². The summed E-state index contributed by atoms with van der Waals surface area (Å²) >= 11 is 11.5. The van der Waals surface area contributed by atoms with Gasteiger partial charge in [0.2, 0.25) is 0 Å². The molecule has 0 bridgehead atoms. The van der Waals surface area contributed by atoms with E-state index in [4.69, 9.17) is 28.0 Å². The summed E-state index contributed by atoms with van der Waals surface area (Å²) in [5, 5.41) is 3.75. The van der Waals surface area contributed by atoms with Crippen molar-refractivity contribution in [3.8, 4) is 0 Å². The number of rotatable bonds is 5. The lowest BCUT2D eigenvalue weighted by atomic mass is 10.2. The maximum Gasteiger partial charge on any atom is 0.274 e. The molecular weight excluding hydrogens is 339 g/mol. The van der Waals surface area contributed by atoms with Crippen LogP contribution in [0.15, 0.2) is 48.5 Å². The van der Waals surface area contributed by atoms with Gasteiger partial charge in [0, 0.05) is 21.3 Å². The van der Waals surface area contributed by atoms with E-state index in [0.717, 1.165) is 0 Å². The Morgan fingerprint density at radius 3 is 2.04 bits per heavy atom. The average Bonchev–Trinajstić information content (AvgIpc) is 2.55. The van der Waals surface area contributed by atoms with E-state index >= 15 is 0 Å². The van der Waals surface area contributed by atoms with Crippen molar-refractivity contribution in [2.75, 3.05) is 5.32 Å². The molecule has 0 heterocycles. The predicted molar refractivity (Wildman–Crippen MR) is 89.5 cm³/mol. The molecule has 0 fully saturated rings. The van der Waals surface area contributed by atoms with Gasteiger partial charge >= 0.3 is 0 Å². The number of anilines is 1. The number of hydrogen-bond donors (Lipinski definition) is 2. The molecule has 0 aliphatic rings. The molecule has 5 nitrogen and oxygen atoms in total. The second-order valence-corrected chi connectivity index (χ2v) is 5.57. The van der Waals surface area contributed by atoms with E-state index in [0.29, 0.717) is 21.3 Å². The number of carbonyl (C=O) groups excluding carboxylic acids is 2. The van der Waals surface area contributed by atoms with Gasteiger partial charge in [-0.1, -0.05) is 23.2 Å². The Bertz CT molecular complexity index is 687. The Morgan fingerprint density at radius 2 is 1.48 bits per heavy atom. The Balaban J connectivity index is 1.84. The number of amides is 2. The fraction of sp³-hybridized carbons (Fsp3) is 0.125. The summed E-state index contributed by atoms with van der Waals surface area (Å²) in [5.41, 5.74) is 3.19. The normalized spacial score (nSPS) is 11.6. The molecule has 1 atom stereocenters. The van der Waals surface area contributed by atoms with Crippen LogP contribution < -0.4 is 10.8 Å². The number of nitrogens with one attached hydrogen (secondary N) is 2. The number of hydrogen-bond acceptors (Lipinski definition) is 3. The van der Waals surface area contributed by atoms with Gasteiger partial charge in [-0.2, -0.15) is 0 Å². The summed E-state index contributed by atoms with van der Waals surface area (Å²) in [4.78, 5) is 28.9. The lowest BCUT2D eigenvalue weighted by Gasteiger charge is -2.13. The molecule has 0 saturated heterocycles. The minimum absolute atomic E-state index is 0.375. The molecule has 0 aromatic heterocycles. The number of halogens is 2. The van der Waals surface area contributed by atoms with Crippen LogP contribution in [0, 0.1) is 0 Å². The zero-order valence-electron chi connectivity index (χ0n) is 12.2. The van der Waals surface area contributed by atoms with Gasteiger partial charge in [-0.05, 0) is 55.5 Å². The molecular formula is C16H14Cl2N2O3. The van der Waals surface area contributed by atoms with Gasteiger partial charge < -0.3 is 5.32 Å². The smallest absolute Gasteiger partial charge is 0.274 e. The van der Waals surface area contributed by atoms with Gasteiger partial charge in [0.1, 0.15) is 0 Å². The van der Waals surface area contributed by atoms with E-state index < -0.39 is 17.9 Å². The Kier molecular flexibility index (Phi) is 5.98. The maximum atomic E-state index is 12.0. The molecule has 0 aliphatic heterocycles. The largest absolute Gasteiger partial charge is 0.324 e.